The van der Waals surface area contributed by atoms with Crippen LogP contribution in [0.1, 0.15) is 23.6 Å². The maximum Gasteiger partial charge on any atom is 0.261 e. The molecule has 2 aromatic carbocycles. The van der Waals surface area contributed by atoms with Crippen molar-refractivity contribution >= 4 is 21.8 Å². The van der Waals surface area contributed by atoms with Crippen LogP contribution in [0.25, 0.3) is 0 Å². The first kappa shape index (κ1) is 18.5. The Morgan fingerprint density at radius 2 is 1.96 bits per heavy atom. The van der Waals surface area contributed by atoms with Crippen molar-refractivity contribution in [2.24, 2.45) is 0 Å². The van der Waals surface area contributed by atoms with Crippen molar-refractivity contribution in [3.8, 4) is 5.75 Å². The predicted octanol–water partition coefficient (Wildman–Crippen LogP) is 3.99. The molecule has 0 radical (unpaired) electrons. The molecule has 0 aromatic heterocycles. The predicted molar refractivity (Wildman–Crippen MR) is 98.0 cm³/mol. The Kier molecular flexibility index (Phi) is 6.82. The van der Waals surface area contributed by atoms with Gasteiger partial charge >= 0.3 is 0 Å². The van der Waals surface area contributed by atoms with Crippen LogP contribution in [0.15, 0.2) is 46.9 Å². The summed E-state index contributed by atoms with van der Waals surface area (Å²) in [7, 11) is 1.66. The number of rotatable bonds is 7. The average molecular weight is 392 g/mol. The smallest absolute Gasteiger partial charge is 0.261 e. The van der Waals surface area contributed by atoms with E-state index in [0.29, 0.717) is 18.9 Å². The quantitative estimate of drug-likeness (QED) is 0.775. The second-order valence-electron chi connectivity index (χ2n) is 5.66. The normalized spacial score (nSPS) is 11.8. The largest absolute Gasteiger partial charge is 0.480 e. The number of methoxy groups -OCH3 is 1. The van der Waals surface area contributed by atoms with Gasteiger partial charge in [0.2, 0.25) is 0 Å². The fourth-order valence-electron chi connectivity index (χ4n) is 2.27. The van der Waals surface area contributed by atoms with Gasteiger partial charge in [0.15, 0.2) is 6.10 Å². The van der Waals surface area contributed by atoms with Crippen LogP contribution in [0.2, 0.25) is 0 Å². The van der Waals surface area contributed by atoms with Crippen molar-refractivity contribution in [2.75, 3.05) is 7.11 Å². The highest BCUT2D eigenvalue weighted by Gasteiger charge is 2.15. The first-order valence-electron chi connectivity index (χ1n) is 7.77. The number of aryl methyl sites for hydroxylation is 1. The van der Waals surface area contributed by atoms with E-state index in [1.165, 1.54) is 0 Å². The molecule has 1 unspecified atom stereocenters. The molecule has 5 heteroatoms. The fourth-order valence-corrected chi connectivity index (χ4v) is 2.86. The molecule has 0 bridgehead atoms. The monoisotopic (exact) mass is 391 g/mol. The summed E-state index contributed by atoms with van der Waals surface area (Å²) in [6, 6.07) is 13.7. The van der Waals surface area contributed by atoms with E-state index in [0.717, 1.165) is 21.2 Å². The molecular formula is C19H22BrNO3. The lowest BCUT2D eigenvalue weighted by molar-refractivity contribution is -0.127. The van der Waals surface area contributed by atoms with Crippen LogP contribution in [0.5, 0.6) is 5.75 Å². The van der Waals surface area contributed by atoms with E-state index < -0.39 is 6.10 Å². The van der Waals surface area contributed by atoms with Crippen molar-refractivity contribution in [3.05, 3.63) is 63.6 Å². The van der Waals surface area contributed by atoms with E-state index in [9.17, 15) is 4.79 Å². The van der Waals surface area contributed by atoms with E-state index in [1.54, 1.807) is 14.0 Å². The molecule has 0 saturated heterocycles. The van der Waals surface area contributed by atoms with E-state index in [-0.39, 0.29) is 5.91 Å². The number of halogens is 1. The van der Waals surface area contributed by atoms with Crippen LogP contribution in [-0.2, 0) is 22.7 Å². The number of hydrogen-bond acceptors (Lipinski definition) is 3. The summed E-state index contributed by atoms with van der Waals surface area (Å²) in [4.78, 5) is 12.2. The zero-order valence-corrected chi connectivity index (χ0v) is 15.7. The van der Waals surface area contributed by atoms with Crippen LogP contribution in [0.3, 0.4) is 0 Å². The standard InChI is InChI=1S/C19H22BrNO3/c1-13-7-8-18(17(20)9-13)24-14(2)19(22)21-11-15-5-4-6-16(10-15)12-23-3/h4-10,14H,11-12H2,1-3H3,(H,21,22). The molecule has 0 aliphatic carbocycles. The Bertz CT molecular complexity index is 703. The van der Waals surface area contributed by atoms with Gasteiger partial charge in [0.05, 0.1) is 11.1 Å². The third-order valence-electron chi connectivity index (χ3n) is 3.53. The van der Waals surface area contributed by atoms with Crippen molar-refractivity contribution < 1.29 is 14.3 Å². The molecule has 128 valence electrons. The van der Waals surface area contributed by atoms with Gasteiger partial charge in [-0.05, 0) is 58.6 Å². The second-order valence-corrected chi connectivity index (χ2v) is 6.52. The van der Waals surface area contributed by atoms with Crippen LogP contribution >= 0.6 is 15.9 Å². The first-order chi connectivity index (χ1) is 11.5. The summed E-state index contributed by atoms with van der Waals surface area (Å²) in [5.74, 6) is 0.505. The Morgan fingerprint density at radius 3 is 2.67 bits per heavy atom. The summed E-state index contributed by atoms with van der Waals surface area (Å²) < 4.78 is 11.7. The number of hydrogen-bond donors (Lipinski definition) is 1. The molecule has 0 spiro atoms. The van der Waals surface area contributed by atoms with Crippen LogP contribution in [0, 0.1) is 6.92 Å². The third-order valence-corrected chi connectivity index (χ3v) is 4.15. The first-order valence-corrected chi connectivity index (χ1v) is 8.56. The maximum absolute atomic E-state index is 12.2. The minimum atomic E-state index is -0.578. The Balaban J connectivity index is 1.90. The fraction of sp³-hybridized carbons (Fsp3) is 0.316. The zero-order valence-electron chi connectivity index (χ0n) is 14.1. The molecule has 0 aliphatic heterocycles. The molecule has 2 aromatic rings. The number of amides is 1. The lowest BCUT2D eigenvalue weighted by Gasteiger charge is -2.16. The Hall–Kier alpha value is -1.85. The molecular weight excluding hydrogens is 370 g/mol. The number of ether oxygens (including phenoxy) is 2. The summed E-state index contributed by atoms with van der Waals surface area (Å²) in [5.41, 5.74) is 3.24. The number of nitrogens with one attached hydrogen (secondary N) is 1. The van der Waals surface area contributed by atoms with Gasteiger partial charge in [-0.3, -0.25) is 4.79 Å². The molecule has 0 saturated carbocycles. The molecule has 1 N–H and O–H groups in total. The number of carbonyl (C=O) groups excluding carboxylic acids is 1. The topological polar surface area (TPSA) is 47.6 Å². The average Bonchev–Trinajstić information content (AvgIpc) is 2.56. The lowest BCUT2D eigenvalue weighted by Crippen LogP contribution is -2.36. The molecule has 0 fully saturated rings. The van der Waals surface area contributed by atoms with E-state index in [1.807, 2.05) is 49.4 Å². The summed E-state index contributed by atoms with van der Waals surface area (Å²) in [6.45, 7) is 4.76. The van der Waals surface area contributed by atoms with Gasteiger partial charge in [-0.2, -0.15) is 0 Å². The minimum absolute atomic E-state index is 0.153. The van der Waals surface area contributed by atoms with Crippen LogP contribution < -0.4 is 10.1 Å². The van der Waals surface area contributed by atoms with Gasteiger partial charge in [0, 0.05) is 13.7 Å². The van der Waals surface area contributed by atoms with Crippen molar-refractivity contribution in [2.45, 2.75) is 33.1 Å². The van der Waals surface area contributed by atoms with Crippen molar-refractivity contribution in [1.82, 2.24) is 5.32 Å². The zero-order chi connectivity index (χ0) is 17.5. The van der Waals surface area contributed by atoms with Gasteiger partial charge in [0.25, 0.3) is 5.91 Å². The van der Waals surface area contributed by atoms with Crippen LogP contribution in [-0.4, -0.2) is 19.1 Å². The summed E-state index contributed by atoms with van der Waals surface area (Å²) in [5, 5.41) is 2.90. The molecule has 0 heterocycles. The van der Waals surface area contributed by atoms with Crippen molar-refractivity contribution in [3.63, 3.8) is 0 Å². The molecule has 1 atom stereocenters. The highest BCUT2D eigenvalue weighted by atomic mass is 79.9. The van der Waals surface area contributed by atoms with Crippen molar-refractivity contribution in [1.29, 1.82) is 0 Å². The summed E-state index contributed by atoms with van der Waals surface area (Å²) in [6.07, 6.45) is -0.578. The van der Waals surface area contributed by atoms with E-state index in [2.05, 4.69) is 21.2 Å². The SMILES string of the molecule is COCc1cccc(CNC(=O)C(C)Oc2ccc(C)cc2Br)c1. The van der Waals surface area contributed by atoms with Gasteiger partial charge in [-0.25, -0.2) is 0 Å². The Morgan fingerprint density at radius 1 is 1.21 bits per heavy atom. The second kappa shape index (κ2) is 8.85. The van der Waals surface area contributed by atoms with Gasteiger partial charge in [0.1, 0.15) is 5.75 Å². The highest BCUT2D eigenvalue weighted by molar-refractivity contribution is 9.10. The molecule has 4 nitrogen and oxygen atoms in total. The van der Waals surface area contributed by atoms with E-state index in [4.69, 9.17) is 9.47 Å². The molecule has 2 rings (SSSR count). The minimum Gasteiger partial charge on any atom is -0.480 e. The van der Waals surface area contributed by atoms with Gasteiger partial charge in [-0.1, -0.05) is 30.3 Å². The van der Waals surface area contributed by atoms with E-state index >= 15 is 0 Å². The number of carbonyl (C=O) groups is 1. The highest BCUT2D eigenvalue weighted by Crippen LogP contribution is 2.26. The maximum atomic E-state index is 12.2. The van der Waals surface area contributed by atoms with Gasteiger partial charge < -0.3 is 14.8 Å². The number of benzene rings is 2. The van der Waals surface area contributed by atoms with Gasteiger partial charge in [-0.15, -0.1) is 0 Å². The third kappa shape index (κ3) is 5.35. The molecule has 0 aliphatic rings. The molecule has 1 amide bonds. The van der Waals surface area contributed by atoms with Crippen LogP contribution in [0.4, 0.5) is 0 Å². The lowest BCUT2D eigenvalue weighted by atomic mass is 10.1. The Labute approximate surface area is 151 Å². The summed E-state index contributed by atoms with van der Waals surface area (Å²) >= 11 is 3.45. The molecule has 24 heavy (non-hydrogen) atoms.